The fraction of sp³-hybridized carbons (Fsp3) is 0.864. The molecule has 312 valence electrons. The normalized spacial score (nSPS) is 13.5. The van der Waals surface area contributed by atoms with Gasteiger partial charge in [0.1, 0.15) is 6.61 Å². The smallest absolute Gasteiger partial charge is 0.462 e. The minimum Gasteiger partial charge on any atom is -0.462 e. The summed E-state index contributed by atoms with van der Waals surface area (Å²) in [6.45, 7) is 5.41. The number of phosphoric ester groups is 1. The van der Waals surface area contributed by atoms with Gasteiger partial charge in [0.15, 0.2) is 6.10 Å². The van der Waals surface area contributed by atoms with E-state index in [9.17, 15) is 19.0 Å². The van der Waals surface area contributed by atoms with Crippen molar-refractivity contribution in [3.05, 3.63) is 24.3 Å². The molecule has 0 aliphatic rings. The van der Waals surface area contributed by atoms with Crippen molar-refractivity contribution in [1.82, 2.24) is 0 Å². The first-order valence-electron chi connectivity index (χ1n) is 22.1. The Morgan fingerprint density at radius 1 is 0.491 bits per heavy atom. The van der Waals surface area contributed by atoms with Crippen molar-refractivity contribution in [1.29, 1.82) is 0 Å². The summed E-state index contributed by atoms with van der Waals surface area (Å²) in [6, 6.07) is 0. The fourth-order valence-corrected chi connectivity index (χ4v) is 6.97. The Morgan fingerprint density at radius 3 is 1.32 bits per heavy atom. The Hall–Kier alpha value is -1.47. The predicted octanol–water partition coefficient (Wildman–Crippen LogP) is 13.8. The second-order valence-corrected chi connectivity index (χ2v) is 16.2. The van der Waals surface area contributed by atoms with Crippen molar-refractivity contribution in [2.45, 2.75) is 226 Å². The van der Waals surface area contributed by atoms with Crippen LogP contribution in [0, 0.1) is 0 Å². The molecule has 8 nitrogen and oxygen atoms in total. The number of hydrogen-bond acceptors (Lipinski definition) is 7. The highest BCUT2D eigenvalue weighted by Gasteiger charge is 2.25. The number of rotatable bonds is 41. The van der Waals surface area contributed by atoms with Gasteiger partial charge in [0, 0.05) is 12.8 Å². The van der Waals surface area contributed by atoms with E-state index in [1.165, 1.54) is 122 Å². The molecule has 1 N–H and O–H groups in total. The molecule has 0 radical (unpaired) electrons. The average molecular weight is 771 g/mol. The highest BCUT2D eigenvalue weighted by atomic mass is 31.2. The van der Waals surface area contributed by atoms with Crippen molar-refractivity contribution < 1.29 is 37.6 Å². The van der Waals surface area contributed by atoms with Crippen LogP contribution in [0.25, 0.3) is 0 Å². The van der Waals surface area contributed by atoms with E-state index < -0.39 is 26.5 Å². The van der Waals surface area contributed by atoms with E-state index >= 15 is 0 Å². The van der Waals surface area contributed by atoms with Crippen LogP contribution in [0.15, 0.2) is 24.3 Å². The lowest BCUT2D eigenvalue weighted by Crippen LogP contribution is -2.29. The van der Waals surface area contributed by atoms with E-state index in [0.717, 1.165) is 57.8 Å². The third-order valence-corrected chi connectivity index (χ3v) is 10.5. The Balaban J connectivity index is 3.95. The minimum atomic E-state index is -4.28. The Bertz CT molecular complexity index is 921. The lowest BCUT2D eigenvalue weighted by molar-refractivity contribution is -0.161. The maximum absolute atomic E-state index is 12.5. The molecule has 2 unspecified atom stereocenters. The van der Waals surface area contributed by atoms with Gasteiger partial charge >= 0.3 is 19.8 Å². The first-order chi connectivity index (χ1) is 25.8. The molecule has 0 saturated carbocycles. The van der Waals surface area contributed by atoms with Gasteiger partial charge in [0.25, 0.3) is 0 Å². The largest absolute Gasteiger partial charge is 0.472 e. The third kappa shape index (κ3) is 40.0. The number of carbonyl (C=O) groups is 2. The molecule has 53 heavy (non-hydrogen) atoms. The molecule has 0 bridgehead atoms. The van der Waals surface area contributed by atoms with Crippen molar-refractivity contribution in [2.24, 2.45) is 0 Å². The number of allylic oxidation sites excluding steroid dienone is 4. The van der Waals surface area contributed by atoms with Crippen LogP contribution in [0.5, 0.6) is 0 Å². The van der Waals surface area contributed by atoms with E-state index in [4.69, 9.17) is 18.5 Å². The molecular formula is C44H83O8P. The van der Waals surface area contributed by atoms with Crippen LogP contribution in [0.1, 0.15) is 220 Å². The van der Waals surface area contributed by atoms with Crippen LogP contribution in [0.2, 0.25) is 0 Å². The Morgan fingerprint density at radius 2 is 0.887 bits per heavy atom. The molecule has 2 atom stereocenters. The summed E-state index contributed by atoms with van der Waals surface area (Å²) in [5.74, 6) is -0.805. The SMILES string of the molecule is CCC/C=C\CCCCCCCC(=O)OCC(COP(=O)(O)OCC)OC(=O)CCCCCCCCCCCCC/C=C\CCCCCCCCCC. The molecule has 0 aliphatic heterocycles. The first kappa shape index (κ1) is 51.5. The molecule has 0 amide bonds. The highest BCUT2D eigenvalue weighted by Crippen LogP contribution is 2.43. The molecule has 0 aliphatic carbocycles. The van der Waals surface area contributed by atoms with Crippen LogP contribution < -0.4 is 0 Å². The van der Waals surface area contributed by atoms with Crippen LogP contribution in [-0.4, -0.2) is 42.8 Å². The molecule has 0 heterocycles. The van der Waals surface area contributed by atoms with Gasteiger partial charge in [-0.25, -0.2) is 4.57 Å². The molecule has 0 fully saturated rings. The zero-order valence-electron chi connectivity index (χ0n) is 34.7. The van der Waals surface area contributed by atoms with Crippen molar-refractivity contribution >= 4 is 19.8 Å². The maximum Gasteiger partial charge on any atom is 0.472 e. The number of unbranched alkanes of at least 4 members (excludes halogenated alkanes) is 25. The summed E-state index contributed by atoms with van der Waals surface area (Å²) < 4.78 is 32.6. The van der Waals surface area contributed by atoms with Gasteiger partial charge in [-0.3, -0.25) is 18.6 Å². The number of esters is 2. The number of hydrogen-bond donors (Lipinski definition) is 1. The lowest BCUT2D eigenvalue weighted by Gasteiger charge is -2.19. The van der Waals surface area contributed by atoms with E-state index in [-0.39, 0.29) is 32.0 Å². The standard InChI is InChI=1S/C44H83O8P/c1-4-7-9-11-13-15-17-18-19-20-21-22-23-24-25-26-27-28-29-31-33-35-37-39-44(46)52-42(41-51-53(47,48)50-6-3)40-49-43(45)38-36-34-32-30-16-14-12-10-8-5-2/h10,12,20-21,42H,4-9,11,13-19,22-41H2,1-3H3,(H,47,48)/b12-10-,21-20-. The predicted molar refractivity (Wildman–Crippen MR) is 221 cm³/mol. The van der Waals surface area contributed by atoms with Crippen molar-refractivity contribution in [2.75, 3.05) is 19.8 Å². The average Bonchev–Trinajstić information content (AvgIpc) is 3.13. The fourth-order valence-electron chi connectivity index (χ4n) is 6.22. The van der Waals surface area contributed by atoms with E-state index in [1.54, 1.807) is 6.92 Å². The second kappa shape index (κ2) is 40.2. The van der Waals surface area contributed by atoms with E-state index in [0.29, 0.717) is 6.42 Å². The lowest BCUT2D eigenvalue weighted by atomic mass is 10.0. The van der Waals surface area contributed by atoms with Gasteiger partial charge in [-0.1, -0.05) is 167 Å². The van der Waals surface area contributed by atoms with Crippen molar-refractivity contribution in [3.63, 3.8) is 0 Å². The molecule has 0 aromatic heterocycles. The maximum atomic E-state index is 12.5. The van der Waals surface area contributed by atoms with Gasteiger partial charge in [0.2, 0.25) is 0 Å². The first-order valence-corrected chi connectivity index (χ1v) is 23.6. The topological polar surface area (TPSA) is 108 Å². The van der Waals surface area contributed by atoms with E-state index in [1.807, 2.05) is 0 Å². The van der Waals surface area contributed by atoms with Gasteiger partial charge in [-0.2, -0.15) is 0 Å². The molecular weight excluding hydrogens is 687 g/mol. The molecule has 0 rings (SSSR count). The monoisotopic (exact) mass is 771 g/mol. The molecule has 0 aromatic carbocycles. The van der Waals surface area contributed by atoms with Crippen LogP contribution in [0.4, 0.5) is 0 Å². The Labute approximate surface area is 326 Å². The van der Waals surface area contributed by atoms with Gasteiger partial charge in [-0.15, -0.1) is 0 Å². The third-order valence-electron chi connectivity index (χ3n) is 9.46. The summed E-state index contributed by atoms with van der Waals surface area (Å²) in [4.78, 5) is 34.6. The van der Waals surface area contributed by atoms with Crippen molar-refractivity contribution in [3.8, 4) is 0 Å². The molecule has 0 spiro atoms. The van der Waals surface area contributed by atoms with Gasteiger partial charge in [-0.05, 0) is 64.7 Å². The summed E-state index contributed by atoms with van der Waals surface area (Å²) in [6.07, 6.45) is 43.9. The summed E-state index contributed by atoms with van der Waals surface area (Å²) in [5, 5.41) is 0. The van der Waals surface area contributed by atoms with Gasteiger partial charge < -0.3 is 14.4 Å². The van der Waals surface area contributed by atoms with Crippen LogP contribution in [-0.2, 0) is 32.7 Å². The molecule has 0 saturated heterocycles. The Kier molecular flexibility index (Phi) is 39.1. The zero-order chi connectivity index (χ0) is 38.9. The molecule has 0 aromatic rings. The van der Waals surface area contributed by atoms with Gasteiger partial charge in [0.05, 0.1) is 13.2 Å². The summed E-state index contributed by atoms with van der Waals surface area (Å²) in [7, 11) is -4.28. The number of carbonyl (C=O) groups excluding carboxylic acids is 2. The van der Waals surface area contributed by atoms with E-state index in [2.05, 4.69) is 38.2 Å². The van der Waals surface area contributed by atoms with Crippen LogP contribution in [0.3, 0.4) is 0 Å². The quantitative estimate of drug-likeness (QED) is 0.0283. The second-order valence-electron chi connectivity index (χ2n) is 14.7. The minimum absolute atomic E-state index is 0.000316. The molecule has 9 heteroatoms. The summed E-state index contributed by atoms with van der Waals surface area (Å²) in [5.41, 5.74) is 0. The van der Waals surface area contributed by atoms with Crippen LogP contribution >= 0.6 is 7.82 Å². The number of ether oxygens (including phenoxy) is 2. The summed E-state index contributed by atoms with van der Waals surface area (Å²) >= 11 is 0. The number of phosphoric acid groups is 1. The zero-order valence-corrected chi connectivity index (χ0v) is 35.6. The highest BCUT2D eigenvalue weighted by molar-refractivity contribution is 7.47.